The Hall–Kier alpha value is -2.29. The van der Waals surface area contributed by atoms with Crippen molar-refractivity contribution < 1.29 is 27.5 Å². The zero-order chi connectivity index (χ0) is 25.3. The Labute approximate surface area is 214 Å². The summed E-state index contributed by atoms with van der Waals surface area (Å²) in [6.07, 6.45) is 0.366. The molecule has 2 aliphatic heterocycles. The van der Waals surface area contributed by atoms with Gasteiger partial charge in [-0.3, -0.25) is 9.59 Å². The standard InChI is InChI=1S/C26H27ClO6S2/c1-4-32-25(28)23-19-14-20(16-8-6-15(3)7-9-16)34-22(19)21(17-10-12-18(27)13-11-17)24(35(23,30)31)26(29)33-5-2/h6-13,20-21,23-24H,4-5,14H2,1-3H3/t20-,21+,23+,24+/m0/s1. The molecule has 0 bridgehead atoms. The number of sulfone groups is 1. The highest BCUT2D eigenvalue weighted by Crippen LogP contribution is 2.58. The summed E-state index contributed by atoms with van der Waals surface area (Å²) in [4.78, 5) is 26.9. The minimum absolute atomic E-state index is 0.0211. The van der Waals surface area contributed by atoms with Gasteiger partial charge in [-0.25, -0.2) is 8.42 Å². The van der Waals surface area contributed by atoms with Gasteiger partial charge >= 0.3 is 11.9 Å². The molecule has 2 aromatic carbocycles. The van der Waals surface area contributed by atoms with Crippen molar-refractivity contribution in [3.63, 3.8) is 0 Å². The molecule has 2 aliphatic rings. The first-order valence-corrected chi connectivity index (χ1v) is 14.3. The lowest BCUT2D eigenvalue weighted by atomic mass is 9.89. The second kappa shape index (κ2) is 10.4. The van der Waals surface area contributed by atoms with Crippen LogP contribution in [0.1, 0.15) is 48.1 Å². The fourth-order valence-corrected chi connectivity index (χ4v) is 8.88. The highest BCUT2D eigenvalue weighted by molar-refractivity contribution is 8.04. The van der Waals surface area contributed by atoms with Crippen LogP contribution in [0.2, 0.25) is 5.02 Å². The van der Waals surface area contributed by atoms with E-state index in [4.69, 9.17) is 21.1 Å². The molecule has 9 heteroatoms. The predicted molar refractivity (Wildman–Crippen MR) is 137 cm³/mol. The maximum atomic E-state index is 14.0. The van der Waals surface area contributed by atoms with E-state index < -0.39 is 38.2 Å². The SMILES string of the molecule is CCOC(=O)[C@H]1C2=C(S[C@H](c3ccc(C)cc3)C2)[C@@H](c2ccc(Cl)cc2)[C@H](C(=O)OCC)S1(=O)=O. The van der Waals surface area contributed by atoms with Gasteiger partial charge in [0.2, 0.25) is 0 Å². The Morgan fingerprint density at radius 1 is 0.943 bits per heavy atom. The first kappa shape index (κ1) is 25.8. The van der Waals surface area contributed by atoms with Crippen molar-refractivity contribution in [2.24, 2.45) is 0 Å². The second-order valence-corrected chi connectivity index (χ2v) is 12.4. The maximum Gasteiger partial charge on any atom is 0.328 e. The summed E-state index contributed by atoms with van der Waals surface area (Å²) in [6, 6.07) is 14.8. The van der Waals surface area contributed by atoms with Gasteiger partial charge in [0.15, 0.2) is 20.3 Å². The molecule has 0 aromatic heterocycles. The highest BCUT2D eigenvalue weighted by atomic mass is 35.5. The van der Waals surface area contributed by atoms with Crippen LogP contribution in [0, 0.1) is 6.92 Å². The summed E-state index contributed by atoms with van der Waals surface area (Å²) in [6.45, 7) is 5.30. The Morgan fingerprint density at radius 2 is 1.51 bits per heavy atom. The minimum atomic E-state index is -4.33. The maximum absolute atomic E-state index is 14.0. The van der Waals surface area contributed by atoms with E-state index in [9.17, 15) is 18.0 Å². The van der Waals surface area contributed by atoms with Crippen LogP contribution in [0.5, 0.6) is 0 Å². The van der Waals surface area contributed by atoms with Crippen molar-refractivity contribution in [2.75, 3.05) is 13.2 Å². The molecule has 2 heterocycles. The first-order chi connectivity index (χ1) is 16.7. The molecular weight excluding hydrogens is 508 g/mol. The van der Waals surface area contributed by atoms with Gasteiger partial charge in [0.25, 0.3) is 0 Å². The number of carbonyl (C=O) groups is 2. The predicted octanol–water partition coefficient (Wildman–Crippen LogP) is 5.16. The summed E-state index contributed by atoms with van der Waals surface area (Å²) < 4.78 is 38.3. The van der Waals surface area contributed by atoms with Crippen LogP contribution in [0.4, 0.5) is 0 Å². The molecule has 0 amide bonds. The molecule has 0 aliphatic carbocycles. The van der Waals surface area contributed by atoms with Gasteiger partial charge in [0, 0.05) is 16.2 Å². The summed E-state index contributed by atoms with van der Waals surface area (Å²) in [7, 11) is -4.33. The molecule has 0 radical (unpaired) electrons. The molecule has 0 unspecified atom stereocenters. The van der Waals surface area contributed by atoms with Gasteiger partial charge in [-0.1, -0.05) is 53.6 Å². The molecular formula is C26H27ClO6S2. The molecule has 0 spiro atoms. The average molecular weight is 535 g/mol. The van der Waals surface area contributed by atoms with Crippen molar-refractivity contribution in [1.82, 2.24) is 0 Å². The zero-order valence-electron chi connectivity index (χ0n) is 19.7. The molecule has 0 saturated heterocycles. The van der Waals surface area contributed by atoms with Crippen molar-refractivity contribution >= 4 is 45.1 Å². The summed E-state index contributed by atoms with van der Waals surface area (Å²) in [5.74, 6) is -2.53. The van der Waals surface area contributed by atoms with Gasteiger partial charge in [0.1, 0.15) is 0 Å². The van der Waals surface area contributed by atoms with Crippen molar-refractivity contribution in [2.45, 2.75) is 48.9 Å². The summed E-state index contributed by atoms with van der Waals surface area (Å²) in [5, 5.41) is -2.71. The average Bonchev–Trinajstić information content (AvgIpc) is 3.23. The number of hydrogen-bond donors (Lipinski definition) is 0. The molecule has 35 heavy (non-hydrogen) atoms. The number of hydrogen-bond acceptors (Lipinski definition) is 7. The molecule has 186 valence electrons. The van der Waals surface area contributed by atoms with E-state index in [2.05, 4.69) is 0 Å². The first-order valence-electron chi connectivity index (χ1n) is 11.5. The number of esters is 2. The smallest absolute Gasteiger partial charge is 0.328 e. The van der Waals surface area contributed by atoms with E-state index >= 15 is 0 Å². The molecule has 4 atom stereocenters. The molecule has 4 rings (SSSR count). The van der Waals surface area contributed by atoms with Crippen LogP contribution >= 0.6 is 23.4 Å². The van der Waals surface area contributed by atoms with E-state index in [0.717, 1.165) is 11.1 Å². The van der Waals surface area contributed by atoms with Gasteiger partial charge in [-0.2, -0.15) is 0 Å². The number of rotatable bonds is 6. The number of carbonyl (C=O) groups excluding carboxylic acids is 2. The Kier molecular flexibility index (Phi) is 7.64. The molecule has 0 saturated carbocycles. The van der Waals surface area contributed by atoms with Crippen molar-refractivity contribution in [3.8, 4) is 0 Å². The Bertz CT molecular complexity index is 1250. The normalized spacial score (nSPS) is 25.1. The quantitative estimate of drug-likeness (QED) is 0.473. The molecule has 0 N–H and O–H groups in total. The fraction of sp³-hybridized carbons (Fsp3) is 0.385. The van der Waals surface area contributed by atoms with E-state index in [1.807, 2.05) is 31.2 Å². The van der Waals surface area contributed by atoms with Crippen LogP contribution in [-0.4, -0.2) is 44.1 Å². The van der Waals surface area contributed by atoms with Crippen LogP contribution < -0.4 is 0 Å². The topological polar surface area (TPSA) is 86.7 Å². The van der Waals surface area contributed by atoms with Gasteiger partial charge < -0.3 is 9.47 Å². The summed E-state index contributed by atoms with van der Waals surface area (Å²) >= 11 is 7.60. The monoisotopic (exact) mass is 534 g/mol. The number of thioether (sulfide) groups is 1. The van der Waals surface area contributed by atoms with Crippen molar-refractivity contribution in [1.29, 1.82) is 0 Å². The largest absolute Gasteiger partial charge is 0.465 e. The lowest BCUT2D eigenvalue weighted by Crippen LogP contribution is -2.50. The molecule has 6 nitrogen and oxygen atoms in total. The number of halogens is 1. The fourth-order valence-electron chi connectivity index (χ4n) is 4.70. The van der Waals surface area contributed by atoms with Crippen LogP contribution in [0.25, 0.3) is 0 Å². The summed E-state index contributed by atoms with van der Waals surface area (Å²) in [5.41, 5.74) is 3.27. The number of benzene rings is 2. The Morgan fingerprint density at radius 3 is 2.11 bits per heavy atom. The lowest BCUT2D eigenvalue weighted by molar-refractivity contribution is -0.142. The van der Waals surface area contributed by atoms with E-state index in [1.54, 1.807) is 38.1 Å². The zero-order valence-corrected chi connectivity index (χ0v) is 22.1. The van der Waals surface area contributed by atoms with Crippen LogP contribution in [0.15, 0.2) is 59.0 Å². The Balaban J connectivity index is 1.90. The molecule has 2 aromatic rings. The number of aryl methyl sites for hydroxylation is 1. The lowest BCUT2D eigenvalue weighted by Gasteiger charge is -2.35. The van der Waals surface area contributed by atoms with Crippen molar-refractivity contribution in [3.05, 3.63) is 80.7 Å². The third kappa shape index (κ3) is 4.88. The number of ether oxygens (including phenoxy) is 2. The highest BCUT2D eigenvalue weighted by Gasteiger charge is 2.58. The van der Waals surface area contributed by atoms with Gasteiger partial charge in [-0.15, -0.1) is 11.8 Å². The van der Waals surface area contributed by atoms with Gasteiger partial charge in [-0.05, 0) is 60.9 Å². The van der Waals surface area contributed by atoms with Gasteiger partial charge in [0.05, 0.1) is 13.2 Å². The van der Waals surface area contributed by atoms with E-state index in [-0.39, 0.29) is 18.5 Å². The minimum Gasteiger partial charge on any atom is -0.465 e. The van der Waals surface area contributed by atoms with Crippen LogP contribution in [0.3, 0.4) is 0 Å². The second-order valence-electron chi connectivity index (χ2n) is 8.53. The van der Waals surface area contributed by atoms with E-state index in [1.165, 1.54) is 11.8 Å². The number of allylic oxidation sites excluding steroid dienone is 1. The third-order valence-corrected chi connectivity index (χ3v) is 10.3. The molecule has 0 fully saturated rings. The third-order valence-electron chi connectivity index (χ3n) is 6.27. The van der Waals surface area contributed by atoms with Crippen LogP contribution in [-0.2, 0) is 28.9 Å². The van der Waals surface area contributed by atoms with E-state index in [0.29, 0.717) is 27.5 Å².